The number of carbonyl (C=O) groups excluding carboxylic acids is 2. The van der Waals surface area contributed by atoms with Crippen molar-refractivity contribution in [3.8, 4) is 11.5 Å². The number of amides is 2. The topological polar surface area (TPSA) is 67.9 Å². The average molecular weight is 378 g/mol. The van der Waals surface area contributed by atoms with E-state index >= 15 is 0 Å². The SMILES string of the molecule is CCC(C)NC(=O)[C@H]1N2C(=O)c3c(ccc(OC)c3OC)C2SC1(C)C. The van der Waals surface area contributed by atoms with E-state index in [0.29, 0.717) is 17.1 Å². The van der Waals surface area contributed by atoms with Crippen LogP contribution in [0.15, 0.2) is 12.1 Å². The van der Waals surface area contributed by atoms with Gasteiger partial charge in [0.25, 0.3) is 5.91 Å². The third-order valence-electron chi connectivity index (χ3n) is 5.15. The van der Waals surface area contributed by atoms with Crippen LogP contribution in [-0.4, -0.2) is 47.8 Å². The summed E-state index contributed by atoms with van der Waals surface area (Å²) in [5.41, 5.74) is 1.38. The van der Waals surface area contributed by atoms with E-state index in [9.17, 15) is 9.59 Å². The molecule has 0 spiro atoms. The van der Waals surface area contributed by atoms with Crippen LogP contribution in [0.3, 0.4) is 0 Å². The molecule has 2 aliphatic rings. The molecule has 1 fully saturated rings. The normalized spacial score (nSPS) is 24.1. The van der Waals surface area contributed by atoms with Gasteiger partial charge in [0, 0.05) is 16.4 Å². The molecule has 3 rings (SSSR count). The quantitative estimate of drug-likeness (QED) is 0.853. The second-order valence-corrected chi connectivity index (χ2v) is 9.01. The van der Waals surface area contributed by atoms with Crippen LogP contribution >= 0.6 is 11.8 Å². The minimum atomic E-state index is -0.540. The Morgan fingerprint density at radius 1 is 1.35 bits per heavy atom. The van der Waals surface area contributed by atoms with E-state index in [1.165, 1.54) is 7.11 Å². The van der Waals surface area contributed by atoms with Crippen molar-refractivity contribution < 1.29 is 19.1 Å². The lowest BCUT2D eigenvalue weighted by Gasteiger charge is -2.30. The molecule has 0 saturated carbocycles. The highest BCUT2D eigenvalue weighted by Crippen LogP contribution is 2.58. The van der Waals surface area contributed by atoms with Crippen LogP contribution in [0.5, 0.6) is 11.5 Å². The molecule has 2 amide bonds. The molecule has 0 aromatic heterocycles. The first-order valence-corrected chi connectivity index (χ1v) is 9.70. The Morgan fingerprint density at radius 2 is 2.04 bits per heavy atom. The molecule has 142 valence electrons. The fourth-order valence-corrected chi connectivity index (χ4v) is 5.26. The standard InChI is InChI=1S/C19H26N2O4S/c1-7-10(2)20-16(22)15-19(3,4)26-18-11-8-9-12(24-5)14(25-6)13(11)17(23)21(15)18/h8-10,15,18H,7H2,1-6H3,(H,20,22)/t10?,15-,18?/m1/s1. The third kappa shape index (κ3) is 2.73. The van der Waals surface area contributed by atoms with Crippen molar-refractivity contribution in [1.82, 2.24) is 10.2 Å². The van der Waals surface area contributed by atoms with Crippen molar-refractivity contribution >= 4 is 23.6 Å². The van der Waals surface area contributed by atoms with Gasteiger partial charge in [-0.05, 0) is 33.3 Å². The van der Waals surface area contributed by atoms with Crippen molar-refractivity contribution in [2.75, 3.05) is 14.2 Å². The Kier molecular flexibility index (Phi) is 4.86. The van der Waals surface area contributed by atoms with Gasteiger partial charge < -0.3 is 19.7 Å². The first kappa shape index (κ1) is 18.9. The van der Waals surface area contributed by atoms with Crippen LogP contribution in [-0.2, 0) is 4.79 Å². The summed E-state index contributed by atoms with van der Waals surface area (Å²) in [4.78, 5) is 28.0. The number of nitrogens with zero attached hydrogens (tertiary/aromatic N) is 1. The number of fused-ring (bicyclic) bond motifs is 3. The monoisotopic (exact) mass is 378 g/mol. The summed E-state index contributed by atoms with van der Waals surface area (Å²) in [6, 6.07) is 3.24. The highest BCUT2D eigenvalue weighted by Gasteiger charge is 2.58. The van der Waals surface area contributed by atoms with Gasteiger partial charge in [0.1, 0.15) is 11.4 Å². The molecule has 6 nitrogen and oxygen atoms in total. The second kappa shape index (κ2) is 6.68. The first-order valence-electron chi connectivity index (χ1n) is 8.82. The summed E-state index contributed by atoms with van der Waals surface area (Å²) in [7, 11) is 3.07. The lowest BCUT2D eigenvalue weighted by molar-refractivity contribution is -0.126. The van der Waals surface area contributed by atoms with Gasteiger partial charge in [-0.15, -0.1) is 11.8 Å². The van der Waals surface area contributed by atoms with E-state index in [0.717, 1.165) is 12.0 Å². The van der Waals surface area contributed by atoms with Gasteiger partial charge >= 0.3 is 0 Å². The summed E-state index contributed by atoms with van der Waals surface area (Å²) < 4.78 is 10.4. The molecule has 7 heteroatoms. The zero-order valence-electron chi connectivity index (χ0n) is 16.1. The molecule has 2 aliphatic heterocycles. The van der Waals surface area contributed by atoms with Crippen LogP contribution in [0.2, 0.25) is 0 Å². The number of carbonyl (C=O) groups is 2. The number of ether oxygens (including phenoxy) is 2. The Morgan fingerprint density at radius 3 is 2.62 bits per heavy atom. The summed E-state index contributed by atoms with van der Waals surface area (Å²) in [6.07, 6.45) is 0.842. The fourth-order valence-electron chi connectivity index (χ4n) is 3.68. The van der Waals surface area contributed by atoms with Gasteiger partial charge in [0.2, 0.25) is 5.91 Å². The lowest BCUT2D eigenvalue weighted by atomic mass is 10.00. The molecular weight excluding hydrogens is 352 g/mol. The molecule has 1 aromatic carbocycles. The molecule has 1 aromatic rings. The molecular formula is C19H26N2O4S. The van der Waals surface area contributed by atoms with Crippen LogP contribution in [0.1, 0.15) is 55.4 Å². The van der Waals surface area contributed by atoms with Gasteiger partial charge in [0.15, 0.2) is 11.5 Å². The Balaban J connectivity index is 2.04. The van der Waals surface area contributed by atoms with Gasteiger partial charge in [0.05, 0.1) is 19.8 Å². The van der Waals surface area contributed by atoms with E-state index in [1.54, 1.807) is 23.8 Å². The average Bonchev–Trinajstić information content (AvgIpc) is 3.03. The maximum absolute atomic E-state index is 13.3. The molecule has 1 saturated heterocycles. The number of hydrogen-bond donors (Lipinski definition) is 1. The zero-order valence-corrected chi connectivity index (χ0v) is 16.9. The highest BCUT2D eigenvalue weighted by molar-refractivity contribution is 8.01. The summed E-state index contributed by atoms with van der Waals surface area (Å²) >= 11 is 1.64. The summed E-state index contributed by atoms with van der Waals surface area (Å²) in [5.74, 6) is 0.670. The van der Waals surface area contributed by atoms with E-state index in [2.05, 4.69) is 5.32 Å². The van der Waals surface area contributed by atoms with Gasteiger partial charge in [-0.1, -0.05) is 13.0 Å². The van der Waals surface area contributed by atoms with E-state index < -0.39 is 6.04 Å². The van der Waals surface area contributed by atoms with Crippen molar-refractivity contribution in [2.24, 2.45) is 0 Å². The molecule has 0 bridgehead atoms. The molecule has 2 heterocycles. The number of methoxy groups -OCH3 is 2. The predicted octanol–water partition coefficient (Wildman–Crippen LogP) is 2.97. The van der Waals surface area contributed by atoms with Crippen LogP contribution in [0.4, 0.5) is 0 Å². The number of thioether (sulfide) groups is 1. The predicted molar refractivity (Wildman–Crippen MR) is 102 cm³/mol. The molecule has 0 radical (unpaired) electrons. The smallest absolute Gasteiger partial charge is 0.260 e. The van der Waals surface area contributed by atoms with Gasteiger partial charge in [-0.2, -0.15) is 0 Å². The van der Waals surface area contributed by atoms with E-state index in [-0.39, 0.29) is 28.0 Å². The molecule has 0 aliphatic carbocycles. The maximum Gasteiger partial charge on any atom is 0.260 e. The first-order chi connectivity index (χ1) is 12.3. The Labute approximate surface area is 158 Å². The van der Waals surface area contributed by atoms with Crippen molar-refractivity contribution in [3.63, 3.8) is 0 Å². The van der Waals surface area contributed by atoms with Crippen molar-refractivity contribution in [3.05, 3.63) is 23.3 Å². The Bertz CT molecular complexity index is 749. The molecule has 1 N–H and O–H groups in total. The number of nitrogens with one attached hydrogen (secondary N) is 1. The Hall–Kier alpha value is -1.89. The minimum absolute atomic E-state index is 0.0667. The second-order valence-electron chi connectivity index (χ2n) is 7.27. The molecule has 26 heavy (non-hydrogen) atoms. The van der Waals surface area contributed by atoms with Gasteiger partial charge in [-0.25, -0.2) is 0 Å². The van der Waals surface area contributed by atoms with E-state index in [1.807, 2.05) is 39.8 Å². The summed E-state index contributed by atoms with van der Waals surface area (Å²) in [6.45, 7) is 8.03. The van der Waals surface area contributed by atoms with Gasteiger partial charge in [-0.3, -0.25) is 9.59 Å². The highest BCUT2D eigenvalue weighted by atomic mass is 32.2. The maximum atomic E-state index is 13.3. The van der Waals surface area contributed by atoms with E-state index in [4.69, 9.17) is 9.47 Å². The van der Waals surface area contributed by atoms with Crippen molar-refractivity contribution in [1.29, 1.82) is 0 Å². The minimum Gasteiger partial charge on any atom is -0.493 e. The number of benzene rings is 1. The lowest BCUT2D eigenvalue weighted by Crippen LogP contribution is -2.54. The van der Waals surface area contributed by atoms with Crippen LogP contribution in [0.25, 0.3) is 0 Å². The molecule has 3 atom stereocenters. The number of rotatable bonds is 5. The number of hydrogen-bond acceptors (Lipinski definition) is 5. The zero-order chi connectivity index (χ0) is 19.2. The van der Waals surface area contributed by atoms with Crippen LogP contribution < -0.4 is 14.8 Å². The molecule has 2 unspecified atom stereocenters. The van der Waals surface area contributed by atoms with Crippen molar-refractivity contribution in [2.45, 2.75) is 56.3 Å². The summed E-state index contributed by atoms with van der Waals surface area (Å²) in [5, 5.41) is 2.84. The van der Waals surface area contributed by atoms with Crippen LogP contribution in [0, 0.1) is 0 Å². The fraction of sp³-hybridized carbons (Fsp3) is 0.579. The largest absolute Gasteiger partial charge is 0.493 e. The third-order valence-corrected chi connectivity index (χ3v) is 6.68.